The summed E-state index contributed by atoms with van der Waals surface area (Å²) < 4.78 is 5.32. The van der Waals surface area contributed by atoms with Crippen LogP contribution in [0.3, 0.4) is 0 Å². The van der Waals surface area contributed by atoms with Gasteiger partial charge in [-0.15, -0.1) is 0 Å². The molecule has 4 amide bonds. The number of anilines is 1. The molecule has 0 saturated carbocycles. The molecule has 0 unspecified atom stereocenters. The van der Waals surface area contributed by atoms with Crippen molar-refractivity contribution in [3.63, 3.8) is 0 Å². The highest BCUT2D eigenvalue weighted by Crippen LogP contribution is 2.36. The number of urea groups is 1. The van der Waals surface area contributed by atoms with E-state index in [-0.39, 0.29) is 28.7 Å². The monoisotopic (exact) mass is 414 g/mol. The first-order valence-electron chi connectivity index (χ1n) is 8.86. The highest BCUT2D eigenvalue weighted by Gasteiger charge is 2.37. The number of phenolic OH excluding ortho intramolecular Hbond substituents is 1. The van der Waals surface area contributed by atoms with Crippen LogP contribution >= 0.6 is 11.6 Å². The number of aromatic hydroxyl groups is 1. The maximum atomic E-state index is 13.0. The van der Waals surface area contributed by atoms with Crippen LogP contribution in [-0.4, -0.2) is 29.6 Å². The molecule has 7 nitrogen and oxygen atoms in total. The standard InChI is InChI=1S/C21H19ClN2O5/c1-4-29-17-10-13(9-16(22)18(17)25)8-15-19(26)23-21(28)24(20(15)27)14-6-11(2)5-12(3)7-14/h5-10,25H,4H2,1-3H3,(H,23,26,28)/b15-8+. The fraction of sp³-hybridized carbons (Fsp3) is 0.190. The second kappa shape index (κ2) is 7.97. The van der Waals surface area contributed by atoms with Crippen molar-refractivity contribution in [2.24, 2.45) is 0 Å². The molecule has 3 rings (SSSR count). The first-order chi connectivity index (χ1) is 13.7. The number of amides is 4. The summed E-state index contributed by atoms with van der Waals surface area (Å²) >= 11 is 6.02. The number of ether oxygens (including phenoxy) is 1. The zero-order valence-electron chi connectivity index (χ0n) is 16.1. The molecular formula is C21H19ClN2O5. The van der Waals surface area contributed by atoms with Crippen molar-refractivity contribution >= 4 is 41.2 Å². The van der Waals surface area contributed by atoms with Gasteiger partial charge in [-0.2, -0.15) is 0 Å². The number of nitrogens with zero attached hydrogens (tertiary/aromatic N) is 1. The van der Waals surface area contributed by atoms with E-state index in [0.717, 1.165) is 16.0 Å². The summed E-state index contributed by atoms with van der Waals surface area (Å²) in [5.74, 6) is -1.69. The molecule has 0 radical (unpaired) electrons. The molecule has 1 aliphatic heterocycles. The Bertz CT molecular complexity index is 1040. The number of benzene rings is 2. The lowest BCUT2D eigenvalue weighted by Crippen LogP contribution is -2.54. The Morgan fingerprint density at radius 2 is 1.76 bits per heavy atom. The molecule has 0 aliphatic carbocycles. The van der Waals surface area contributed by atoms with E-state index >= 15 is 0 Å². The van der Waals surface area contributed by atoms with Gasteiger partial charge in [0, 0.05) is 0 Å². The highest BCUT2D eigenvalue weighted by molar-refractivity contribution is 6.39. The SMILES string of the molecule is CCOc1cc(/C=C2\C(=O)NC(=O)N(c3cc(C)cc(C)c3)C2=O)cc(Cl)c1O. The average Bonchev–Trinajstić information content (AvgIpc) is 2.62. The number of rotatable bonds is 4. The van der Waals surface area contributed by atoms with E-state index in [2.05, 4.69) is 5.32 Å². The number of hydrogen-bond acceptors (Lipinski definition) is 5. The Balaban J connectivity index is 2.06. The van der Waals surface area contributed by atoms with Crippen molar-refractivity contribution in [2.75, 3.05) is 11.5 Å². The van der Waals surface area contributed by atoms with Gasteiger partial charge >= 0.3 is 6.03 Å². The molecule has 29 heavy (non-hydrogen) atoms. The number of imide groups is 2. The lowest BCUT2D eigenvalue weighted by molar-refractivity contribution is -0.122. The minimum Gasteiger partial charge on any atom is -0.503 e. The lowest BCUT2D eigenvalue weighted by Gasteiger charge is -2.27. The summed E-state index contributed by atoms with van der Waals surface area (Å²) in [5, 5.41) is 12.2. The third-order valence-corrected chi connectivity index (χ3v) is 4.52. The molecule has 1 saturated heterocycles. The summed E-state index contributed by atoms with van der Waals surface area (Å²) in [5.41, 5.74) is 2.23. The summed E-state index contributed by atoms with van der Waals surface area (Å²) in [7, 11) is 0. The van der Waals surface area contributed by atoms with Crippen LogP contribution in [0.15, 0.2) is 35.9 Å². The summed E-state index contributed by atoms with van der Waals surface area (Å²) in [6.45, 7) is 5.72. The van der Waals surface area contributed by atoms with Crippen LogP contribution in [0.1, 0.15) is 23.6 Å². The Labute approximate surface area is 172 Å². The smallest absolute Gasteiger partial charge is 0.335 e. The molecule has 2 aromatic rings. The van der Waals surface area contributed by atoms with Gasteiger partial charge in [0.05, 0.1) is 17.3 Å². The van der Waals surface area contributed by atoms with Gasteiger partial charge in [0.25, 0.3) is 11.8 Å². The maximum Gasteiger partial charge on any atom is 0.335 e. The van der Waals surface area contributed by atoms with Crippen molar-refractivity contribution in [3.05, 3.63) is 57.6 Å². The lowest BCUT2D eigenvalue weighted by atomic mass is 10.0. The molecule has 2 aromatic carbocycles. The van der Waals surface area contributed by atoms with Crippen molar-refractivity contribution in [1.82, 2.24) is 5.32 Å². The van der Waals surface area contributed by atoms with Gasteiger partial charge in [-0.05, 0) is 67.8 Å². The zero-order valence-corrected chi connectivity index (χ0v) is 16.8. The summed E-state index contributed by atoms with van der Waals surface area (Å²) in [4.78, 5) is 38.6. The topological polar surface area (TPSA) is 95.9 Å². The number of nitrogens with one attached hydrogen (secondary N) is 1. The van der Waals surface area contributed by atoms with Crippen LogP contribution in [0.4, 0.5) is 10.5 Å². The van der Waals surface area contributed by atoms with E-state index in [1.807, 2.05) is 19.9 Å². The molecule has 0 aromatic heterocycles. The second-order valence-electron chi connectivity index (χ2n) is 6.59. The Morgan fingerprint density at radius 1 is 1.10 bits per heavy atom. The van der Waals surface area contributed by atoms with Gasteiger partial charge in [0.2, 0.25) is 0 Å². The normalized spacial score (nSPS) is 15.7. The Morgan fingerprint density at radius 3 is 2.38 bits per heavy atom. The first kappa shape index (κ1) is 20.4. The van der Waals surface area contributed by atoms with Crippen LogP contribution < -0.4 is 15.0 Å². The van der Waals surface area contributed by atoms with Crippen LogP contribution in [0.25, 0.3) is 6.08 Å². The van der Waals surface area contributed by atoms with Crippen LogP contribution in [-0.2, 0) is 9.59 Å². The molecule has 0 spiro atoms. The highest BCUT2D eigenvalue weighted by atomic mass is 35.5. The Hall–Kier alpha value is -3.32. The number of phenols is 1. The number of aryl methyl sites for hydroxylation is 2. The minimum atomic E-state index is -0.819. The van der Waals surface area contributed by atoms with Gasteiger partial charge in [-0.1, -0.05) is 17.7 Å². The van der Waals surface area contributed by atoms with Gasteiger partial charge in [-0.3, -0.25) is 14.9 Å². The quantitative estimate of drug-likeness (QED) is 0.587. The molecule has 150 valence electrons. The first-order valence-corrected chi connectivity index (χ1v) is 9.24. The number of halogens is 1. The molecule has 1 fully saturated rings. The van der Waals surface area contributed by atoms with Gasteiger partial charge in [-0.25, -0.2) is 9.69 Å². The minimum absolute atomic E-state index is 0.00806. The molecule has 1 aliphatic rings. The third-order valence-electron chi connectivity index (χ3n) is 4.23. The molecule has 1 heterocycles. The summed E-state index contributed by atoms with van der Waals surface area (Å²) in [6, 6.07) is 7.30. The number of hydrogen-bond donors (Lipinski definition) is 2. The molecule has 0 bridgehead atoms. The van der Waals surface area contributed by atoms with Crippen molar-refractivity contribution in [3.8, 4) is 11.5 Å². The van der Waals surface area contributed by atoms with E-state index in [9.17, 15) is 19.5 Å². The van der Waals surface area contributed by atoms with Crippen LogP contribution in [0, 0.1) is 13.8 Å². The van der Waals surface area contributed by atoms with Crippen molar-refractivity contribution in [1.29, 1.82) is 0 Å². The number of carbonyl (C=O) groups excluding carboxylic acids is 3. The van der Waals surface area contributed by atoms with Gasteiger partial charge in [0.1, 0.15) is 5.57 Å². The van der Waals surface area contributed by atoms with Crippen molar-refractivity contribution < 1.29 is 24.2 Å². The molecule has 0 atom stereocenters. The maximum absolute atomic E-state index is 13.0. The predicted molar refractivity (Wildman–Crippen MR) is 109 cm³/mol. The van der Waals surface area contributed by atoms with E-state index < -0.39 is 17.8 Å². The number of barbiturate groups is 1. The molecule has 2 N–H and O–H groups in total. The van der Waals surface area contributed by atoms with Gasteiger partial charge in [0.15, 0.2) is 11.5 Å². The van der Waals surface area contributed by atoms with E-state index in [1.165, 1.54) is 18.2 Å². The van der Waals surface area contributed by atoms with Crippen molar-refractivity contribution in [2.45, 2.75) is 20.8 Å². The van der Waals surface area contributed by atoms with Crippen LogP contribution in [0.5, 0.6) is 11.5 Å². The molecular weight excluding hydrogens is 396 g/mol. The average molecular weight is 415 g/mol. The third kappa shape index (κ3) is 4.09. The second-order valence-corrected chi connectivity index (χ2v) is 6.99. The fourth-order valence-corrected chi connectivity index (χ4v) is 3.30. The van der Waals surface area contributed by atoms with Gasteiger partial charge < -0.3 is 9.84 Å². The summed E-state index contributed by atoms with van der Waals surface area (Å²) in [6.07, 6.45) is 1.30. The van der Waals surface area contributed by atoms with E-state index in [1.54, 1.807) is 19.1 Å². The zero-order chi connectivity index (χ0) is 21.3. The number of carbonyl (C=O) groups is 3. The fourth-order valence-electron chi connectivity index (χ4n) is 3.08. The largest absolute Gasteiger partial charge is 0.503 e. The predicted octanol–water partition coefficient (Wildman–Crippen LogP) is 3.73. The van der Waals surface area contributed by atoms with E-state index in [4.69, 9.17) is 16.3 Å². The Kier molecular flexibility index (Phi) is 5.61. The van der Waals surface area contributed by atoms with E-state index in [0.29, 0.717) is 11.3 Å². The van der Waals surface area contributed by atoms with Crippen LogP contribution in [0.2, 0.25) is 5.02 Å². The molecule has 8 heteroatoms.